The van der Waals surface area contributed by atoms with Crippen LogP contribution in [0.2, 0.25) is 0 Å². The quantitative estimate of drug-likeness (QED) is 0.845. The lowest BCUT2D eigenvalue weighted by Gasteiger charge is -2.38. The molecule has 0 N–H and O–H groups in total. The van der Waals surface area contributed by atoms with E-state index in [1.807, 2.05) is 23.1 Å². The molecule has 1 unspecified atom stereocenters. The minimum absolute atomic E-state index is 0.0552. The summed E-state index contributed by atoms with van der Waals surface area (Å²) in [7, 11) is 0. The number of aryl methyl sites for hydroxylation is 1. The molecule has 2 aromatic carbocycles. The van der Waals surface area contributed by atoms with Crippen molar-refractivity contribution in [2.75, 3.05) is 37.7 Å². The molecule has 4 rings (SSSR count). The first-order valence-electron chi connectivity index (χ1n) is 9.02. The van der Waals surface area contributed by atoms with Crippen LogP contribution in [0.1, 0.15) is 11.1 Å². The number of ether oxygens (including phenoxy) is 1. The fraction of sp³-hybridized carbons (Fsp3) is 0.381. The van der Waals surface area contributed by atoms with Gasteiger partial charge in [0.1, 0.15) is 12.4 Å². The standard InChI is InChI=1S/C21H24N2O2/c1-16-5-4-7-19(13-16)22-9-11-23(12-10-22)21(24)18-14-17-6-2-3-8-20(17)25-15-18/h2-8,13,18H,9-12,14-15H2,1H3. The van der Waals surface area contributed by atoms with Gasteiger partial charge in [-0.25, -0.2) is 0 Å². The number of hydrogen-bond acceptors (Lipinski definition) is 3. The summed E-state index contributed by atoms with van der Waals surface area (Å²) >= 11 is 0. The van der Waals surface area contributed by atoms with Crippen molar-refractivity contribution in [3.05, 3.63) is 59.7 Å². The molecule has 0 bridgehead atoms. The van der Waals surface area contributed by atoms with Gasteiger partial charge in [-0.2, -0.15) is 0 Å². The van der Waals surface area contributed by atoms with Gasteiger partial charge in [-0.3, -0.25) is 4.79 Å². The Morgan fingerprint density at radius 2 is 1.84 bits per heavy atom. The third kappa shape index (κ3) is 3.34. The summed E-state index contributed by atoms with van der Waals surface area (Å²) in [5.74, 6) is 1.11. The van der Waals surface area contributed by atoms with Crippen LogP contribution in [0.5, 0.6) is 5.75 Å². The van der Waals surface area contributed by atoms with E-state index in [4.69, 9.17) is 4.74 Å². The van der Waals surface area contributed by atoms with Crippen LogP contribution in [0.15, 0.2) is 48.5 Å². The summed E-state index contributed by atoms with van der Waals surface area (Å²) in [6, 6.07) is 16.6. The van der Waals surface area contributed by atoms with Crippen LogP contribution in [-0.2, 0) is 11.2 Å². The minimum Gasteiger partial charge on any atom is -0.492 e. The number of carbonyl (C=O) groups excluding carboxylic acids is 1. The van der Waals surface area contributed by atoms with E-state index in [-0.39, 0.29) is 11.8 Å². The molecule has 4 nitrogen and oxygen atoms in total. The fourth-order valence-corrected chi connectivity index (χ4v) is 3.75. The number of hydrogen-bond donors (Lipinski definition) is 0. The van der Waals surface area contributed by atoms with E-state index in [9.17, 15) is 4.79 Å². The number of piperazine rings is 1. The molecule has 2 aromatic rings. The van der Waals surface area contributed by atoms with Crippen LogP contribution in [0, 0.1) is 12.8 Å². The highest BCUT2D eigenvalue weighted by atomic mass is 16.5. The number of benzene rings is 2. The van der Waals surface area contributed by atoms with E-state index >= 15 is 0 Å². The van der Waals surface area contributed by atoms with E-state index in [0.717, 1.165) is 43.9 Å². The van der Waals surface area contributed by atoms with Crippen molar-refractivity contribution in [3.8, 4) is 5.75 Å². The molecular formula is C21H24N2O2. The molecule has 4 heteroatoms. The predicted molar refractivity (Wildman–Crippen MR) is 99.1 cm³/mol. The van der Waals surface area contributed by atoms with Gasteiger partial charge in [-0.1, -0.05) is 30.3 Å². The largest absolute Gasteiger partial charge is 0.492 e. The van der Waals surface area contributed by atoms with Crippen molar-refractivity contribution in [3.63, 3.8) is 0 Å². The average molecular weight is 336 g/mol. The maximum Gasteiger partial charge on any atom is 0.229 e. The molecule has 0 aliphatic carbocycles. The summed E-state index contributed by atoms with van der Waals surface area (Å²) in [6.45, 7) is 5.95. The summed E-state index contributed by atoms with van der Waals surface area (Å²) in [5, 5.41) is 0. The maximum absolute atomic E-state index is 12.9. The second-order valence-electron chi connectivity index (χ2n) is 6.97. The normalized spacial score (nSPS) is 20.0. The molecule has 25 heavy (non-hydrogen) atoms. The summed E-state index contributed by atoms with van der Waals surface area (Å²) in [5.41, 5.74) is 3.67. The Bertz CT molecular complexity index is 766. The molecule has 2 heterocycles. The van der Waals surface area contributed by atoms with Crippen molar-refractivity contribution in [1.82, 2.24) is 4.90 Å². The van der Waals surface area contributed by atoms with Crippen molar-refractivity contribution in [2.45, 2.75) is 13.3 Å². The Morgan fingerprint density at radius 1 is 1.04 bits per heavy atom. The minimum atomic E-state index is -0.0552. The first kappa shape index (κ1) is 16.0. The van der Waals surface area contributed by atoms with Crippen LogP contribution in [-0.4, -0.2) is 43.6 Å². The van der Waals surface area contributed by atoms with Crippen LogP contribution in [0.4, 0.5) is 5.69 Å². The Morgan fingerprint density at radius 3 is 2.64 bits per heavy atom. The lowest BCUT2D eigenvalue weighted by atomic mass is 9.95. The van der Waals surface area contributed by atoms with Crippen molar-refractivity contribution in [2.24, 2.45) is 5.92 Å². The number of fused-ring (bicyclic) bond motifs is 1. The Labute approximate surface area is 149 Å². The van der Waals surface area contributed by atoms with E-state index < -0.39 is 0 Å². The van der Waals surface area contributed by atoms with Crippen LogP contribution in [0.25, 0.3) is 0 Å². The molecule has 130 valence electrons. The second-order valence-corrected chi connectivity index (χ2v) is 6.97. The summed E-state index contributed by atoms with van der Waals surface area (Å²) in [6.07, 6.45) is 0.785. The molecule has 0 spiro atoms. The first-order valence-corrected chi connectivity index (χ1v) is 9.02. The highest BCUT2D eigenvalue weighted by Gasteiger charge is 2.31. The van der Waals surface area contributed by atoms with Crippen molar-refractivity contribution >= 4 is 11.6 Å². The highest BCUT2D eigenvalue weighted by Crippen LogP contribution is 2.28. The van der Waals surface area contributed by atoms with Gasteiger partial charge < -0.3 is 14.5 Å². The number of para-hydroxylation sites is 1. The predicted octanol–water partition coefficient (Wildman–Crippen LogP) is 2.89. The van der Waals surface area contributed by atoms with Gasteiger partial charge >= 0.3 is 0 Å². The number of rotatable bonds is 2. The zero-order valence-corrected chi connectivity index (χ0v) is 14.6. The Hall–Kier alpha value is -2.49. The Balaban J connectivity index is 1.37. The SMILES string of the molecule is Cc1cccc(N2CCN(C(=O)C3COc4ccccc4C3)CC2)c1. The average Bonchev–Trinajstić information content (AvgIpc) is 2.67. The molecule has 1 fully saturated rings. The summed E-state index contributed by atoms with van der Waals surface area (Å²) < 4.78 is 5.79. The molecular weight excluding hydrogens is 312 g/mol. The molecule has 1 saturated heterocycles. The lowest BCUT2D eigenvalue weighted by molar-refractivity contribution is -0.137. The van der Waals surface area contributed by atoms with Gasteiger partial charge in [-0.05, 0) is 42.7 Å². The number of carbonyl (C=O) groups is 1. The molecule has 1 amide bonds. The highest BCUT2D eigenvalue weighted by molar-refractivity contribution is 5.80. The molecule has 0 radical (unpaired) electrons. The number of amides is 1. The molecule has 0 aromatic heterocycles. The van der Waals surface area contributed by atoms with E-state index in [2.05, 4.69) is 42.2 Å². The molecule has 2 aliphatic heterocycles. The summed E-state index contributed by atoms with van der Waals surface area (Å²) in [4.78, 5) is 17.3. The molecule has 2 aliphatic rings. The topological polar surface area (TPSA) is 32.8 Å². The van der Waals surface area contributed by atoms with Gasteiger partial charge in [0.05, 0.1) is 5.92 Å². The third-order valence-electron chi connectivity index (χ3n) is 5.19. The smallest absolute Gasteiger partial charge is 0.229 e. The van der Waals surface area contributed by atoms with E-state index in [1.165, 1.54) is 11.3 Å². The zero-order valence-electron chi connectivity index (χ0n) is 14.6. The van der Waals surface area contributed by atoms with Crippen molar-refractivity contribution < 1.29 is 9.53 Å². The van der Waals surface area contributed by atoms with E-state index in [0.29, 0.717) is 6.61 Å². The molecule has 0 saturated carbocycles. The van der Waals surface area contributed by atoms with Crippen LogP contribution in [0.3, 0.4) is 0 Å². The fourth-order valence-electron chi connectivity index (χ4n) is 3.75. The van der Waals surface area contributed by atoms with Gasteiger partial charge in [0.25, 0.3) is 0 Å². The second kappa shape index (κ2) is 6.79. The van der Waals surface area contributed by atoms with E-state index in [1.54, 1.807) is 0 Å². The van der Waals surface area contributed by atoms with Crippen molar-refractivity contribution in [1.29, 1.82) is 0 Å². The van der Waals surface area contributed by atoms with Crippen LogP contribution >= 0.6 is 0 Å². The third-order valence-corrected chi connectivity index (χ3v) is 5.19. The maximum atomic E-state index is 12.9. The van der Waals surface area contributed by atoms with Crippen LogP contribution < -0.4 is 9.64 Å². The first-order chi connectivity index (χ1) is 12.2. The number of anilines is 1. The van der Waals surface area contributed by atoms with Gasteiger partial charge in [0.15, 0.2) is 0 Å². The van der Waals surface area contributed by atoms with Gasteiger partial charge in [0.2, 0.25) is 5.91 Å². The van der Waals surface area contributed by atoms with Gasteiger partial charge in [-0.15, -0.1) is 0 Å². The number of nitrogens with zero attached hydrogens (tertiary/aromatic N) is 2. The molecule has 1 atom stereocenters. The Kier molecular flexibility index (Phi) is 4.35. The van der Waals surface area contributed by atoms with Gasteiger partial charge in [0, 0.05) is 31.9 Å². The zero-order chi connectivity index (χ0) is 17.2. The monoisotopic (exact) mass is 336 g/mol. The lowest BCUT2D eigenvalue weighted by Crippen LogP contribution is -2.51.